The van der Waals surface area contributed by atoms with Crippen LogP contribution in [0.2, 0.25) is 0 Å². The third-order valence-electron chi connectivity index (χ3n) is 4.87. The molecule has 1 aliphatic heterocycles. The van der Waals surface area contributed by atoms with E-state index in [2.05, 4.69) is 22.4 Å². The minimum atomic E-state index is -0.428. The second-order valence-corrected chi connectivity index (χ2v) is 6.90. The molecule has 1 fully saturated rings. The first-order valence-electron chi connectivity index (χ1n) is 8.30. The fourth-order valence-electron chi connectivity index (χ4n) is 3.23. The molecule has 2 unspecified atom stereocenters. The van der Waals surface area contributed by atoms with Crippen molar-refractivity contribution in [3.63, 3.8) is 0 Å². The van der Waals surface area contributed by atoms with E-state index in [1.165, 1.54) is 0 Å². The average Bonchev–Trinajstić information content (AvgIpc) is 3.20. The van der Waals surface area contributed by atoms with Crippen LogP contribution in [0.25, 0.3) is 0 Å². The molecule has 2 atom stereocenters. The molecule has 25 heavy (non-hydrogen) atoms. The Labute approximate surface area is 154 Å². The van der Waals surface area contributed by atoms with Gasteiger partial charge in [0.2, 0.25) is 5.91 Å². The highest BCUT2D eigenvalue weighted by atomic mass is 35.5. The maximum absolute atomic E-state index is 13.2. The van der Waals surface area contributed by atoms with Gasteiger partial charge >= 0.3 is 0 Å². The third kappa shape index (κ3) is 4.16. The zero-order valence-corrected chi connectivity index (χ0v) is 15.4. The van der Waals surface area contributed by atoms with E-state index in [0.29, 0.717) is 25.3 Å². The molecule has 1 aliphatic rings. The lowest BCUT2D eigenvalue weighted by molar-refractivity contribution is -0.134. The van der Waals surface area contributed by atoms with Crippen molar-refractivity contribution in [2.45, 2.75) is 32.7 Å². The van der Waals surface area contributed by atoms with Gasteiger partial charge in [-0.3, -0.25) is 4.79 Å². The standard InChI is InChI=1S/C17H24N6O.ClH/c1-13-19-20-21-23(13)15(10-14-6-4-3-5-7-14)16(24)22-9-8-17(2,11-18)12-22;/h3-7,15H,8-12,18H2,1-2H3;1H. The lowest BCUT2D eigenvalue weighted by atomic mass is 9.90. The maximum atomic E-state index is 13.2. The summed E-state index contributed by atoms with van der Waals surface area (Å²) in [6.45, 7) is 5.96. The van der Waals surface area contributed by atoms with Crippen molar-refractivity contribution < 1.29 is 4.79 Å². The first-order chi connectivity index (χ1) is 11.5. The van der Waals surface area contributed by atoms with Crippen molar-refractivity contribution in [2.24, 2.45) is 11.1 Å². The van der Waals surface area contributed by atoms with E-state index in [1.54, 1.807) is 4.68 Å². The molecule has 2 aromatic rings. The number of nitrogens with two attached hydrogens (primary N) is 1. The lowest BCUT2D eigenvalue weighted by Gasteiger charge is -2.26. The normalized spacial score (nSPS) is 21.0. The van der Waals surface area contributed by atoms with Crippen LogP contribution >= 0.6 is 12.4 Å². The second-order valence-electron chi connectivity index (χ2n) is 6.90. The van der Waals surface area contributed by atoms with Crippen molar-refractivity contribution in [1.29, 1.82) is 0 Å². The minimum Gasteiger partial charge on any atom is -0.340 e. The van der Waals surface area contributed by atoms with Crippen LogP contribution in [-0.2, 0) is 11.2 Å². The van der Waals surface area contributed by atoms with Gasteiger partial charge in [0, 0.05) is 19.5 Å². The monoisotopic (exact) mass is 364 g/mol. The number of halogens is 1. The number of carbonyl (C=O) groups is 1. The molecule has 7 nitrogen and oxygen atoms in total. The molecular formula is C17H25ClN6O. The third-order valence-corrected chi connectivity index (χ3v) is 4.87. The molecule has 2 N–H and O–H groups in total. The Morgan fingerprint density at radius 1 is 1.36 bits per heavy atom. The second kappa shape index (κ2) is 7.93. The highest BCUT2D eigenvalue weighted by Gasteiger charge is 2.38. The predicted octanol–water partition coefficient (Wildman–Crippen LogP) is 1.38. The Morgan fingerprint density at radius 3 is 2.64 bits per heavy atom. The molecule has 1 aromatic heterocycles. The van der Waals surface area contributed by atoms with Gasteiger partial charge in [0.25, 0.3) is 0 Å². The van der Waals surface area contributed by atoms with Gasteiger partial charge in [-0.1, -0.05) is 37.3 Å². The Bertz CT molecular complexity index is 706. The van der Waals surface area contributed by atoms with Crippen LogP contribution in [0.4, 0.5) is 0 Å². The molecule has 0 bridgehead atoms. The van der Waals surface area contributed by atoms with Crippen LogP contribution in [0.3, 0.4) is 0 Å². The number of aromatic nitrogens is 4. The Balaban J connectivity index is 0.00000225. The van der Waals surface area contributed by atoms with Gasteiger partial charge in [-0.2, -0.15) is 0 Å². The van der Waals surface area contributed by atoms with Gasteiger partial charge in [-0.25, -0.2) is 4.68 Å². The van der Waals surface area contributed by atoms with Crippen LogP contribution < -0.4 is 5.73 Å². The van der Waals surface area contributed by atoms with Crippen LogP contribution in [0.15, 0.2) is 30.3 Å². The molecule has 136 valence electrons. The molecule has 8 heteroatoms. The number of hydrogen-bond acceptors (Lipinski definition) is 5. The fraction of sp³-hybridized carbons (Fsp3) is 0.529. The van der Waals surface area contributed by atoms with Gasteiger partial charge in [0.05, 0.1) is 0 Å². The van der Waals surface area contributed by atoms with Gasteiger partial charge < -0.3 is 10.6 Å². The van der Waals surface area contributed by atoms with Crippen LogP contribution in [0, 0.1) is 12.3 Å². The highest BCUT2D eigenvalue weighted by molar-refractivity contribution is 5.85. The van der Waals surface area contributed by atoms with E-state index >= 15 is 0 Å². The number of nitrogens with zero attached hydrogens (tertiary/aromatic N) is 5. The maximum Gasteiger partial charge on any atom is 0.247 e. The first kappa shape index (κ1) is 19.3. The number of aryl methyl sites for hydroxylation is 1. The summed E-state index contributed by atoms with van der Waals surface area (Å²) in [5.41, 5.74) is 6.97. The fourth-order valence-corrected chi connectivity index (χ4v) is 3.23. The largest absolute Gasteiger partial charge is 0.340 e. The van der Waals surface area contributed by atoms with Gasteiger partial charge in [0.1, 0.15) is 11.9 Å². The molecule has 2 heterocycles. The minimum absolute atomic E-state index is 0. The Kier molecular flexibility index (Phi) is 6.13. The van der Waals surface area contributed by atoms with E-state index in [4.69, 9.17) is 5.73 Å². The quantitative estimate of drug-likeness (QED) is 0.865. The van der Waals surface area contributed by atoms with Crippen LogP contribution in [-0.4, -0.2) is 50.6 Å². The number of amides is 1. The van der Waals surface area contributed by atoms with Crippen molar-refractivity contribution in [3.8, 4) is 0 Å². The van der Waals surface area contributed by atoms with E-state index in [0.717, 1.165) is 18.5 Å². The summed E-state index contributed by atoms with van der Waals surface area (Å²) in [6.07, 6.45) is 1.50. The number of carbonyl (C=O) groups excluding carboxylic acids is 1. The summed E-state index contributed by atoms with van der Waals surface area (Å²) in [4.78, 5) is 15.1. The van der Waals surface area contributed by atoms with Gasteiger partial charge in [0.15, 0.2) is 0 Å². The molecule has 0 radical (unpaired) electrons. The summed E-state index contributed by atoms with van der Waals surface area (Å²) < 4.78 is 1.63. The molecule has 3 rings (SSSR count). The smallest absolute Gasteiger partial charge is 0.247 e. The zero-order valence-electron chi connectivity index (χ0n) is 14.6. The summed E-state index contributed by atoms with van der Waals surface area (Å²) in [5.74, 6) is 0.705. The summed E-state index contributed by atoms with van der Waals surface area (Å²) in [7, 11) is 0. The summed E-state index contributed by atoms with van der Waals surface area (Å²) >= 11 is 0. The summed E-state index contributed by atoms with van der Waals surface area (Å²) in [5, 5.41) is 11.7. The summed E-state index contributed by atoms with van der Waals surface area (Å²) in [6, 6.07) is 9.54. The number of rotatable bonds is 5. The average molecular weight is 365 g/mol. The number of tetrazole rings is 1. The molecule has 1 saturated heterocycles. The zero-order chi connectivity index (χ0) is 17.2. The van der Waals surface area contributed by atoms with Gasteiger partial charge in [-0.15, -0.1) is 17.5 Å². The van der Waals surface area contributed by atoms with E-state index in [-0.39, 0.29) is 23.7 Å². The Morgan fingerprint density at radius 2 is 2.08 bits per heavy atom. The van der Waals surface area contributed by atoms with Crippen LogP contribution in [0.1, 0.15) is 30.8 Å². The van der Waals surface area contributed by atoms with Crippen molar-refractivity contribution in [2.75, 3.05) is 19.6 Å². The van der Waals surface area contributed by atoms with Crippen molar-refractivity contribution in [1.82, 2.24) is 25.1 Å². The number of likely N-dealkylation sites (tertiary alicyclic amines) is 1. The highest BCUT2D eigenvalue weighted by Crippen LogP contribution is 2.30. The number of benzene rings is 1. The predicted molar refractivity (Wildman–Crippen MR) is 97.3 cm³/mol. The lowest BCUT2D eigenvalue weighted by Crippen LogP contribution is -2.40. The Hall–Kier alpha value is -1.99. The number of hydrogen-bond donors (Lipinski definition) is 1. The first-order valence-corrected chi connectivity index (χ1v) is 8.30. The van der Waals surface area contributed by atoms with Crippen LogP contribution in [0.5, 0.6) is 0 Å². The molecule has 1 amide bonds. The van der Waals surface area contributed by atoms with E-state index < -0.39 is 6.04 Å². The molecular weight excluding hydrogens is 340 g/mol. The molecule has 0 aliphatic carbocycles. The SMILES string of the molecule is Cc1nnnn1C(Cc1ccccc1)C(=O)N1CCC(C)(CN)C1.Cl. The molecule has 0 spiro atoms. The van der Waals surface area contributed by atoms with Crippen molar-refractivity contribution >= 4 is 18.3 Å². The van der Waals surface area contributed by atoms with Gasteiger partial charge in [-0.05, 0) is 41.3 Å². The van der Waals surface area contributed by atoms with Crippen molar-refractivity contribution in [3.05, 3.63) is 41.7 Å². The van der Waals surface area contributed by atoms with E-state index in [9.17, 15) is 4.79 Å². The molecule has 1 aromatic carbocycles. The topological polar surface area (TPSA) is 89.9 Å². The van der Waals surface area contributed by atoms with E-state index in [1.807, 2.05) is 42.2 Å². The molecule has 0 saturated carbocycles.